The summed E-state index contributed by atoms with van der Waals surface area (Å²) < 4.78 is 0. The van der Waals surface area contributed by atoms with E-state index in [0.717, 1.165) is 5.69 Å². The van der Waals surface area contributed by atoms with Crippen molar-refractivity contribution in [1.29, 1.82) is 0 Å². The second kappa shape index (κ2) is 5.94. The Hall–Kier alpha value is -0.730. The van der Waals surface area contributed by atoms with Crippen molar-refractivity contribution in [2.75, 3.05) is 0 Å². The highest BCUT2D eigenvalue weighted by Gasteiger charge is 2.05. The summed E-state index contributed by atoms with van der Waals surface area (Å²) >= 11 is 23.8. The van der Waals surface area contributed by atoms with Crippen molar-refractivity contribution in [3.63, 3.8) is 0 Å². The second-order valence-corrected chi connectivity index (χ2v) is 5.21. The van der Waals surface area contributed by atoms with Gasteiger partial charge in [-0.15, -0.1) is 0 Å². The van der Waals surface area contributed by atoms with E-state index in [9.17, 15) is 0 Å². The highest BCUT2D eigenvalue weighted by Crippen LogP contribution is 2.28. The van der Waals surface area contributed by atoms with Gasteiger partial charge in [0.15, 0.2) is 0 Å². The molecule has 0 amide bonds. The molecule has 0 fully saturated rings. The van der Waals surface area contributed by atoms with Gasteiger partial charge in [-0.05, 0) is 30.3 Å². The minimum Gasteiger partial charge on any atom is -0.256 e. The van der Waals surface area contributed by atoms with Gasteiger partial charge in [0.2, 0.25) is 0 Å². The Balaban J connectivity index is 2.35. The average Bonchev–Trinajstić information content (AvgIpc) is 2.27. The van der Waals surface area contributed by atoms with Crippen molar-refractivity contribution in [2.45, 2.75) is 0 Å². The average molecular weight is 319 g/mol. The van der Waals surface area contributed by atoms with Crippen LogP contribution in [0.15, 0.2) is 41.4 Å². The molecule has 0 aromatic heterocycles. The summed E-state index contributed by atoms with van der Waals surface area (Å²) in [7, 11) is 0. The predicted molar refractivity (Wildman–Crippen MR) is 80.2 cm³/mol. The van der Waals surface area contributed by atoms with Crippen LogP contribution in [0.1, 0.15) is 5.56 Å². The zero-order valence-electron chi connectivity index (χ0n) is 9.00. The number of hydrogen-bond acceptors (Lipinski definition) is 1. The SMILES string of the molecule is Clc1cccc(/N=C/c2c(Cl)cc(Cl)cc2Cl)c1. The summed E-state index contributed by atoms with van der Waals surface area (Å²) in [5.74, 6) is 0. The van der Waals surface area contributed by atoms with Crippen molar-refractivity contribution in [3.8, 4) is 0 Å². The summed E-state index contributed by atoms with van der Waals surface area (Å²) in [6.45, 7) is 0. The highest BCUT2D eigenvalue weighted by atomic mass is 35.5. The van der Waals surface area contributed by atoms with Crippen LogP contribution in [0.25, 0.3) is 0 Å². The summed E-state index contributed by atoms with van der Waals surface area (Å²) in [6.07, 6.45) is 1.59. The molecule has 0 atom stereocenters. The summed E-state index contributed by atoms with van der Waals surface area (Å²) in [5, 5.41) is 2.03. The van der Waals surface area contributed by atoms with E-state index in [2.05, 4.69) is 4.99 Å². The Morgan fingerprint density at radius 2 is 1.50 bits per heavy atom. The third-order valence-corrected chi connectivity index (χ3v) is 3.27. The van der Waals surface area contributed by atoms with E-state index in [-0.39, 0.29) is 0 Å². The van der Waals surface area contributed by atoms with E-state index in [1.54, 1.807) is 30.5 Å². The normalized spacial score (nSPS) is 11.1. The van der Waals surface area contributed by atoms with Crippen molar-refractivity contribution in [3.05, 3.63) is 62.1 Å². The molecule has 0 radical (unpaired) electrons. The zero-order chi connectivity index (χ0) is 13.1. The lowest BCUT2D eigenvalue weighted by Crippen LogP contribution is -1.85. The fourth-order valence-corrected chi connectivity index (χ4v) is 2.47. The molecule has 0 aliphatic heterocycles. The number of rotatable bonds is 2. The van der Waals surface area contributed by atoms with E-state index in [1.807, 2.05) is 12.1 Å². The van der Waals surface area contributed by atoms with Crippen molar-refractivity contribution >= 4 is 58.3 Å². The van der Waals surface area contributed by atoms with E-state index in [4.69, 9.17) is 46.4 Å². The first-order valence-electron chi connectivity index (χ1n) is 5.00. The molecule has 2 aromatic carbocycles. The predicted octanol–water partition coefficient (Wildman–Crippen LogP) is 6.05. The van der Waals surface area contributed by atoms with Gasteiger partial charge in [0.05, 0.1) is 15.7 Å². The Kier molecular flexibility index (Phi) is 4.52. The minimum atomic E-state index is 0.457. The molecular formula is C13H7Cl4N. The molecule has 92 valence electrons. The summed E-state index contributed by atoms with van der Waals surface area (Å²) in [4.78, 5) is 4.27. The molecule has 0 saturated carbocycles. The molecule has 0 heterocycles. The molecule has 2 rings (SSSR count). The molecule has 2 aromatic rings. The van der Waals surface area contributed by atoms with Gasteiger partial charge in [-0.25, -0.2) is 0 Å². The molecule has 0 spiro atoms. The standard InChI is InChI=1S/C13H7Cl4N/c14-8-2-1-3-10(4-8)18-7-11-12(16)5-9(15)6-13(11)17/h1-7H/b18-7+. The van der Waals surface area contributed by atoms with Crippen LogP contribution in [0.2, 0.25) is 20.1 Å². The minimum absolute atomic E-state index is 0.457. The Morgan fingerprint density at radius 3 is 2.11 bits per heavy atom. The molecule has 18 heavy (non-hydrogen) atoms. The number of nitrogens with zero attached hydrogens (tertiary/aromatic N) is 1. The van der Waals surface area contributed by atoms with Gasteiger partial charge in [0.1, 0.15) is 0 Å². The van der Waals surface area contributed by atoms with Crippen LogP contribution in [0.3, 0.4) is 0 Å². The molecule has 0 N–H and O–H groups in total. The first kappa shape index (κ1) is 13.7. The molecule has 0 saturated heterocycles. The highest BCUT2D eigenvalue weighted by molar-refractivity contribution is 6.41. The molecule has 0 bridgehead atoms. The third-order valence-electron chi connectivity index (χ3n) is 2.19. The van der Waals surface area contributed by atoms with Gasteiger partial charge < -0.3 is 0 Å². The van der Waals surface area contributed by atoms with Gasteiger partial charge in [-0.1, -0.05) is 52.5 Å². The zero-order valence-corrected chi connectivity index (χ0v) is 12.0. The van der Waals surface area contributed by atoms with E-state index >= 15 is 0 Å². The number of halogens is 4. The van der Waals surface area contributed by atoms with Crippen LogP contribution in [-0.2, 0) is 0 Å². The lowest BCUT2D eigenvalue weighted by Gasteiger charge is -2.02. The Labute approximate surface area is 125 Å². The summed E-state index contributed by atoms with van der Waals surface area (Å²) in [5.41, 5.74) is 1.35. The molecular weight excluding hydrogens is 312 g/mol. The van der Waals surface area contributed by atoms with Crippen LogP contribution in [0.5, 0.6) is 0 Å². The smallest absolute Gasteiger partial charge is 0.0644 e. The number of aliphatic imine (C=N–C) groups is 1. The maximum Gasteiger partial charge on any atom is 0.0644 e. The van der Waals surface area contributed by atoms with Gasteiger partial charge in [-0.3, -0.25) is 4.99 Å². The molecule has 1 nitrogen and oxygen atoms in total. The molecule has 0 aliphatic carbocycles. The number of benzene rings is 2. The van der Waals surface area contributed by atoms with E-state index in [0.29, 0.717) is 25.7 Å². The lowest BCUT2D eigenvalue weighted by atomic mass is 10.2. The van der Waals surface area contributed by atoms with Crippen LogP contribution in [0.4, 0.5) is 5.69 Å². The Morgan fingerprint density at radius 1 is 0.833 bits per heavy atom. The van der Waals surface area contributed by atoms with Gasteiger partial charge in [0, 0.05) is 21.8 Å². The summed E-state index contributed by atoms with van der Waals surface area (Å²) in [6, 6.07) is 10.4. The molecule has 5 heteroatoms. The van der Waals surface area contributed by atoms with E-state index in [1.165, 1.54) is 0 Å². The van der Waals surface area contributed by atoms with Gasteiger partial charge >= 0.3 is 0 Å². The fraction of sp³-hybridized carbons (Fsp3) is 0. The largest absolute Gasteiger partial charge is 0.256 e. The fourth-order valence-electron chi connectivity index (χ4n) is 1.37. The van der Waals surface area contributed by atoms with Crippen molar-refractivity contribution in [1.82, 2.24) is 0 Å². The maximum atomic E-state index is 6.05. The van der Waals surface area contributed by atoms with Gasteiger partial charge in [-0.2, -0.15) is 0 Å². The Bertz CT molecular complexity index is 585. The monoisotopic (exact) mass is 317 g/mol. The topological polar surface area (TPSA) is 12.4 Å². The molecule has 0 unspecified atom stereocenters. The van der Waals surface area contributed by atoms with Crippen LogP contribution in [-0.4, -0.2) is 6.21 Å². The first-order valence-corrected chi connectivity index (χ1v) is 6.51. The van der Waals surface area contributed by atoms with Crippen molar-refractivity contribution in [2.24, 2.45) is 4.99 Å². The van der Waals surface area contributed by atoms with E-state index < -0.39 is 0 Å². The quantitative estimate of drug-likeness (QED) is 0.597. The third kappa shape index (κ3) is 3.39. The second-order valence-electron chi connectivity index (χ2n) is 3.52. The van der Waals surface area contributed by atoms with Crippen LogP contribution < -0.4 is 0 Å². The maximum absolute atomic E-state index is 6.05. The lowest BCUT2D eigenvalue weighted by molar-refractivity contribution is 1.52. The molecule has 0 aliphatic rings. The van der Waals surface area contributed by atoms with Crippen LogP contribution >= 0.6 is 46.4 Å². The van der Waals surface area contributed by atoms with Gasteiger partial charge in [0.25, 0.3) is 0 Å². The van der Waals surface area contributed by atoms with Crippen molar-refractivity contribution < 1.29 is 0 Å². The first-order chi connectivity index (χ1) is 8.56. The van der Waals surface area contributed by atoms with Crippen LogP contribution in [0, 0.1) is 0 Å². The number of hydrogen-bond donors (Lipinski definition) is 0.